The zero-order valence-corrected chi connectivity index (χ0v) is 14.3. The molecule has 0 aliphatic rings. The number of ether oxygens (including phenoxy) is 1. The van der Waals surface area contributed by atoms with Crippen molar-refractivity contribution >= 4 is 39.1 Å². The summed E-state index contributed by atoms with van der Waals surface area (Å²) in [6.45, 7) is 0.525. The van der Waals surface area contributed by atoms with Crippen LogP contribution in [0.4, 0.5) is 0 Å². The first kappa shape index (κ1) is 16.6. The Morgan fingerprint density at radius 3 is 2.43 bits per heavy atom. The minimum atomic E-state index is -0.0646. The minimum absolute atomic E-state index is 0.0189. The van der Waals surface area contributed by atoms with E-state index in [-0.39, 0.29) is 12.5 Å². The number of rotatable bonds is 6. The van der Waals surface area contributed by atoms with Crippen molar-refractivity contribution in [3.8, 4) is 5.75 Å². The van der Waals surface area contributed by atoms with Gasteiger partial charge in [0, 0.05) is 20.4 Å². The summed E-state index contributed by atoms with van der Waals surface area (Å²) in [4.78, 5) is 0. The zero-order valence-electron chi connectivity index (χ0n) is 11.2. The molecule has 5 heteroatoms. The highest BCUT2D eigenvalue weighted by Crippen LogP contribution is 2.29. The average Bonchev–Trinajstić information content (AvgIpc) is 2.46. The van der Waals surface area contributed by atoms with Crippen molar-refractivity contribution in [1.82, 2.24) is 0 Å². The molecule has 21 heavy (non-hydrogen) atoms. The molecule has 0 amide bonds. The van der Waals surface area contributed by atoms with Crippen LogP contribution in [-0.2, 0) is 0 Å². The van der Waals surface area contributed by atoms with Gasteiger partial charge in [-0.3, -0.25) is 0 Å². The van der Waals surface area contributed by atoms with Crippen LogP contribution in [0.5, 0.6) is 5.75 Å². The smallest absolute Gasteiger partial charge is 0.119 e. The Kier molecular flexibility index (Phi) is 6.37. The number of halogens is 3. The lowest BCUT2D eigenvalue weighted by molar-refractivity contribution is 0.229. The summed E-state index contributed by atoms with van der Waals surface area (Å²) in [7, 11) is 0. The molecule has 112 valence electrons. The standard InChI is InChI=1S/C16H15BrCl2O2/c17-12-1-4-14(5-2-12)21-8-7-11(10-20)15-6-3-13(18)9-16(15)19/h1-6,9,11,20H,7-8,10H2/t11-/m0/s1. The van der Waals surface area contributed by atoms with Gasteiger partial charge in [0.15, 0.2) is 0 Å². The van der Waals surface area contributed by atoms with Crippen LogP contribution in [0, 0.1) is 0 Å². The quantitative estimate of drug-likeness (QED) is 0.726. The van der Waals surface area contributed by atoms with Crippen molar-refractivity contribution in [2.24, 2.45) is 0 Å². The first-order valence-electron chi connectivity index (χ1n) is 6.54. The highest BCUT2D eigenvalue weighted by molar-refractivity contribution is 9.10. The molecule has 0 bridgehead atoms. The molecule has 0 fully saturated rings. The van der Waals surface area contributed by atoms with Gasteiger partial charge in [-0.2, -0.15) is 0 Å². The van der Waals surface area contributed by atoms with Crippen molar-refractivity contribution in [3.63, 3.8) is 0 Å². The van der Waals surface area contributed by atoms with Crippen LogP contribution >= 0.6 is 39.1 Å². The van der Waals surface area contributed by atoms with Gasteiger partial charge in [0.25, 0.3) is 0 Å². The second-order valence-corrected chi connectivity index (χ2v) is 6.40. The zero-order chi connectivity index (χ0) is 15.2. The summed E-state index contributed by atoms with van der Waals surface area (Å²) in [5.74, 6) is 0.738. The number of aliphatic hydroxyl groups excluding tert-OH is 1. The number of benzene rings is 2. The monoisotopic (exact) mass is 388 g/mol. The van der Waals surface area contributed by atoms with E-state index < -0.39 is 0 Å². The predicted octanol–water partition coefficient (Wildman–Crippen LogP) is 5.30. The van der Waals surface area contributed by atoms with Crippen LogP contribution in [0.15, 0.2) is 46.9 Å². The lowest BCUT2D eigenvalue weighted by Gasteiger charge is -2.16. The fourth-order valence-electron chi connectivity index (χ4n) is 2.03. The molecule has 2 nitrogen and oxygen atoms in total. The van der Waals surface area contributed by atoms with Crippen molar-refractivity contribution < 1.29 is 9.84 Å². The van der Waals surface area contributed by atoms with Crippen LogP contribution in [0.25, 0.3) is 0 Å². The van der Waals surface area contributed by atoms with E-state index >= 15 is 0 Å². The van der Waals surface area contributed by atoms with E-state index in [1.165, 1.54) is 0 Å². The Labute approximate surface area is 142 Å². The van der Waals surface area contributed by atoms with E-state index in [1.807, 2.05) is 30.3 Å². The largest absolute Gasteiger partial charge is 0.494 e. The highest BCUT2D eigenvalue weighted by Gasteiger charge is 2.14. The molecule has 2 rings (SSSR count). The van der Waals surface area contributed by atoms with Crippen molar-refractivity contribution in [2.45, 2.75) is 12.3 Å². The second-order valence-electron chi connectivity index (χ2n) is 4.64. The van der Waals surface area contributed by atoms with Gasteiger partial charge in [-0.1, -0.05) is 45.2 Å². The lowest BCUT2D eigenvalue weighted by atomic mass is 9.97. The molecule has 1 atom stereocenters. The van der Waals surface area contributed by atoms with E-state index in [0.717, 1.165) is 15.8 Å². The SMILES string of the molecule is OC[C@H](CCOc1ccc(Br)cc1)c1ccc(Cl)cc1Cl. The van der Waals surface area contributed by atoms with Crippen LogP contribution in [0.1, 0.15) is 17.9 Å². The molecule has 0 heterocycles. The molecule has 2 aromatic rings. The molecule has 0 aliphatic heterocycles. The first-order chi connectivity index (χ1) is 10.1. The summed E-state index contributed by atoms with van der Waals surface area (Å²) in [5.41, 5.74) is 0.892. The van der Waals surface area contributed by atoms with Gasteiger partial charge in [0.2, 0.25) is 0 Å². The fourth-order valence-corrected chi connectivity index (χ4v) is 2.85. The van der Waals surface area contributed by atoms with E-state index in [4.69, 9.17) is 27.9 Å². The Bertz CT molecular complexity index is 587. The molecule has 0 radical (unpaired) electrons. The topological polar surface area (TPSA) is 29.5 Å². The second kappa shape index (κ2) is 8.04. The molecular formula is C16H15BrCl2O2. The van der Waals surface area contributed by atoms with E-state index in [9.17, 15) is 5.11 Å². The van der Waals surface area contributed by atoms with Gasteiger partial charge in [-0.15, -0.1) is 0 Å². The van der Waals surface area contributed by atoms with Crippen LogP contribution in [-0.4, -0.2) is 18.3 Å². The van der Waals surface area contributed by atoms with Gasteiger partial charge in [0.1, 0.15) is 5.75 Å². The molecule has 0 unspecified atom stereocenters. The normalized spacial score (nSPS) is 12.2. The van der Waals surface area contributed by atoms with E-state index in [2.05, 4.69) is 15.9 Å². The maximum absolute atomic E-state index is 9.55. The Balaban J connectivity index is 1.94. The van der Waals surface area contributed by atoms with Gasteiger partial charge in [-0.25, -0.2) is 0 Å². The fraction of sp³-hybridized carbons (Fsp3) is 0.250. The summed E-state index contributed by atoms with van der Waals surface area (Å²) >= 11 is 15.4. The molecule has 0 saturated heterocycles. The van der Waals surface area contributed by atoms with Crippen molar-refractivity contribution in [3.05, 3.63) is 62.5 Å². The molecular weight excluding hydrogens is 375 g/mol. The third-order valence-corrected chi connectivity index (χ3v) is 4.26. The van der Waals surface area contributed by atoms with Gasteiger partial charge < -0.3 is 9.84 Å². The maximum Gasteiger partial charge on any atom is 0.119 e. The molecule has 0 spiro atoms. The van der Waals surface area contributed by atoms with Gasteiger partial charge >= 0.3 is 0 Å². The molecule has 0 saturated carbocycles. The summed E-state index contributed by atoms with van der Waals surface area (Å²) in [6.07, 6.45) is 0.675. The first-order valence-corrected chi connectivity index (χ1v) is 8.09. The highest BCUT2D eigenvalue weighted by atomic mass is 79.9. The van der Waals surface area contributed by atoms with Crippen molar-refractivity contribution in [2.75, 3.05) is 13.2 Å². The number of hydrogen-bond donors (Lipinski definition) is 1. The third kappa shape index (κ3) is 4.89. The predicted molar refractivity (Wildman–Crippen MR) is 90.5 cm³/mol. The Hall–Kier alpha value is -0.740. The van der Waals surface area contributed by atoms with E-state index in [0.29, 0.717) is 23.1 Å². The number of aliphatic hydroxyl groups is 1. The molecule has 0 aromatic heterocycles. The van der Waals surface area contributed by atoms with Crippen molar-refractivity contribution in [1.29, 1.82) is 0 Å². The lowest BCUT2D eigenvalue weighted by Crippen LogP contribution is -2.10. The van der Waals surface area contributed by atoms with Crippen LogP contribution < -0.4 is 4.74 Å². The average molecular weight is 390 g/mol. The summed E-state index contributed by atoms with van der Waals surface area (Å²) in [6, 6.07) is 13.0. The van der Waals surface area contributed by atoms with E-state index in [1.54, 1.807) is 12.1 Å². The summed E-state index contributed by atoms with van der Waals surface area (Å²) < 4.78 is 6.69. The third-order valence-electron chi connectivity index (χ3n) is 3.17. The van der Waals surface area contributed by atoms with Gasteiger partial charge in [-0.05, 0) is 48.4 Å². The molecule has 2 aromatic carbocycles. The number of hydrogen-bond acceptors (Lipinski definition) is 2. The Morgan fingerprint density at radius 1 is 1.10 bits per heavy atom. The van der Waals surface area contributed by atoms with Gasteiger partial charge in [0.05, 0.1) is 13.2 Å². The molecule has 0 aliphatic carbocycles. The minimum Gasteiger partial charge on any atom is -0.494 e. The van der Waals surface area contributed by atoms with Crippen LogP contribution in [0.3, 0.4) is 0 Å². The Morgan fingerprint density at radius 2 is 1.81 bits per heavy atom. The molecule has 1 N–H and O–H groups in total. The maximum atomic E-state index is 9.55. The van der Waals surface area contributed by atoms with Crippen LogP contribution in [0.2, 0.25) is 10.0 Å². The summed E-state index contributed by atoms with van der Waals surface area (Å²) in [5, 5.41) is 10.7.